The van der Waals surface area contributed by atoms with Crippen molar-refractivity contribution in [1.29, 1.82) is 0 Å². The van der Waals surface area contributed by atoms with Gasteiger partial charge in [-0.2, -0.15) is 0 Å². The van der Waals surface area contributed by atoms with Crippen molar-refractivity contribution in [3.05, 3.63) is 483 Å². The van der Waals surface area contributed by atoms with Crippen LogP contribution >= 0.6 is 0 Å². The van der Waals surface area contributed by atoms with E-state index in [-0.39, 0.29) is 12.0 Å². The number of hydrogen-bond acceptors (Lipinski definition) is 5. The van der Waals surface area contributed by atoms with Gasteiger partial charge in [-0.25, -0.2) is 15.0 Å². The highest BCUT2D eigenvalue weighted by Crippen LogP contribution is 2.53. The molecule has 0 saturated heterocycles. The Morgan fingerprint density at radius 1 is 0.248 bits per heavy atom. The molecule has 24 aromatic rings. The smallest absolute Gasteiger partial charge is 0.164 e. The SMILES string of the molecule is C1=CC2C(C=C1c1ccc3c(c1)c1ccccc1n3-c1ccccc1)c1cc(-c3ccc4c(c3)c3ccccc3n4-c3ccccc3)ccc1N2c1cccc(-c2nc(-c3cccc(-n4c5c(c6ccccc64)C=C(N(c4ccccc4)c4ccccc4)CC5)c3)nc(-c3cccc(-n4c5ccccc5c5cc(-c6ccc7c(c6)c6ccccc6n7-c6ccccc6)ccc54)c3)n2)c1. The number of rotatable bonds is 15. The molecule has 0 bridgehead atoms. The van der Waals surface area contributed by atoms with E-state index in [0.717, 1.165) is 120 Å². The van der Waals surface area contributed by atoms with E-state index in [0.29, 0.717) is 17.5 Å². The number of nitrogens with zero attached hydrogens (tertiary/aromatic N) is 10. The largest absolute Gasteiger partial charge is 0.333 e. The summed E-state index contributed by atoms with van der Waals surface area (Å²) in [6, 6.07) is 159. The van der Waals surface area contributed by atoms with Gasteiger partial charge in [0.05, 0.1) is 55.7 Å². The molecule has 3 aliphatic rings. The van der Waals surface area contributed by atoms with E-state index in [4.69, 9.17) is 15.0 Å². The zero-order chi connectivity index (χ0) is 87.3. The minimum atomic E-state index is -0.0882. The van der Waals surface area contributed by atoms with Crippen molar-refractivity contribution >= 4 is 133 Å². The summed E-state index contributed by atoms with van der Waals surface area (Å²) in [6.45, 7) is 0. The Kier molecular flexibility index (Phi) is 17.4. The summed E-state index contributed by atoms with van der Waals surface area (Å²) < 4.78 is 12.1. The Hall–Kier alpha value is -17.5. The van der Waals surface area contributed by atoms with Gasteiger partial charge < -0.3 is 32.6 Å². The van der Waals surface area contributed by atoms with Crippen LogP contribution in [0.1, 0.15) is 34.7 Å². The van der Waals surface area contributed by atoms with Gasteiger partial charge >= 0.3 is 0 Å². The molecule has 2 unspecified atom stereocenters. The van der Waals surface area contributed by atoms with Crippen molar-refractivity contribution in [3.8, 4) is 84.9 Å². The van der Waals surface area contributed by atoms with Crippen molar-refractivity contribution < 1.29 is 0 Å². The molecule has 0 spiro atoms. The molecule has 624 valence electrons. The van der Waals surface area contributed by atoms with Crippen molar-refractivity contribution in [2.45, 2.75) is 24.8 Å². The maximum absolute atomic E-state index is 5.70. The minimum Gasteiger partial charge on any atom is -0.333 e. The molecular weight excluding hydrogens is 1620 g/mol. The zero-order valence-corrected chi connectivity index (χ0v) is 72.4. The fraction of sp³-hybridized carbons (Fsp3) is 0.0325. The lowest BCUT2D eigenvalue weighted by atomic mass is 9.85. The molecule has 2 atom stereocenters. The molecule has 18 aromatic carbocycles. The van der Waals surface area contributed by atoms with E-state index in [2.05, 4.69) is 494 Å². The van der Waals surface area contributed by atoms with Crippen molar-refractivity contribution in [2.24, 2.45) is 0 Å². The third-order valence-corrected chi connectivity index (χ3v) is 27.9. The lowest BCUT2D eigenvalue weighted by Gasteiger charge is -2.30. The summed E-state index contributed by atoms with van der Waals surface area (Å²) in [7, 11) is 0. The average molecular weight is 1700 g/mol. The second-order valence-electron chi connectivity index (χ2n) is 35.3. The number of allylic oxidation sites excluding steroid dienone is 3. The molecule has 7 heterocycles. The van der Waals surface area contributed by atoms with Gasteiger partial charge in [-0.15, -0.1) is 0 Å². The van der Waals surface area contributed by atoms with E-state index < -0.39 is 0 Å². The molecular formula is C123H82N10. The van der Waals surface area contributed by atoms with E-state index in [1.807, 2.05) is 0 Å². The molecule has 133 heavy (non-hydrogen) atoms. The maximum Gasteiger partial charge on any atom is 0.164 e. The van der Waals surface area contributed by atoms with Crippen LogP contribution < -0.4 is 9.80 Å². The molecule has 0 amide bonds. The number of benzene rings is 18. The quantitative estimate of drug-likeness (QED) is 0.102. The van der Waals surface area contributed by atoms with Crippen molar-refractivity contribution in [1.82, 2.24) is 37.8 Å². The van der Waals surface area contributed by atoms with E-state index in [1.54, 1.807) is 0 Å². The molecule has 27 rings (SSSR count). The molecule has 0 saturated carbocycles. The number of anilines is 4. The predicted octanol–water partition coefficient (Wildman–Crippen LogP) is 30.9. The highest BCUT2D eigenvalue weighted by Gasteiger charge is 2.40. The minimum absolute atomic E-state index is 0.0369. The van der Waals surface area contributed by atoms with Gasteiger partial charge in [-0.05, 0) is 246 Å². The number of para-hydroxylation sites is 10. The van der Waals surface area contributed by atoms with Crippen molar-refractivity contribution in [2.75, 3.05) is 9.80 Å². The van der Waals surface area contributed by atoms with Gasteiger partial charge in [0.2, 0.25) is 0 Å². The molecule has 10 heteroatoms. The Labute approximate surface area is 767 Å². The Bertz CT molecular complexity index is 8940. The van der Waals surface area contributed by atoms with Crippen LogP contribution in [-0.2, 0) is 6.42 Å². The van der Waals surface area contributed by atoms with Gasteiger partial charge in [0.15, 0.2) is 17.5 Å². The third kappa shape index (κ3) is 12.4. The first-order chi connectivity index (χ1) is 65.9. The Morgan fingerprint density at radius 3 is 1.04 bits per heavy atom. The second-order valence-corrected chi connectivity index (χ2v) is 35.3. The monoisotopic (exact) mass is 1700 g/mol. The zero-order valence-electron chi connectivity index (χ0n) is 72.4. The molecule has 10 nitrogen and oxygen atoms in total. The highest BCUT2D eigenvalue weighted by molar-refractivity contribution is 6.15. The first-order valence-corrected chi connectivity index (χ1v) is 45.9. The van der Waals surface area contributed by atoms with E-state index in [1.165, 1.54) is 115 Å². The van der Waals surface area contributed by atoms with Crippen LogP contribution in [0.3, 0.4) is 0 Å². The molecule has 2 aliphatic carbocycles. The van der Waals surface area contributed by atoms with E-state index in [9.17, 15) is 0 Å². The van der Waals surface area contributed by atoms with Gasteiger partial charge in [0.25, 0.3) is 0 Å². The van der Waals surface area contributed by atoms with Gasteiger partial charge in [0, 0.05) is 139 Å². The molecule has 0 N–H and O–H groups in total. The van der Waals surface area contributed by atoms with Gasteiger partial charge in [-0.3, -0.25) is 0 Å². The van der Waals surface area contributed by atoms with Gasteiger partial charge in [0.1, 0.15) is 0 Å². The topological polar surface area (TPSA) is 69.8 Å². The molecule has 0 fully saturated rings. The van der Waals surface area contributed by atoms with Crippen LogP contribution in [0, 0.1) is 0 Å². The molecule has 1 aliphatic heterocycles. The molecule has 6 aromatic heterocycles. The summed E-state index contributed by atoms with van der Waals surface area (Å²) in [4.78, 5) is 22.0. The lowest BCUT2D eigenvalue weighted by molar-refractivity contribution is 0.747. The summed E-state index contributed by atoms with van der Waals surface area (Å²) in [6.07, 6.45) is 11.4. The van der Waals surface area contributed by atoms with Crippen molar-refractivity contribution in [3.63, 3.8) is 0 Å². The second kappa shape index (κ2) is 30.6. The standard InChI is InChI=1S/C123H82N10/c1-6-32-88(33-7-1)127(89-34-8-2-9-35-89)96-61-68-120-108(78-96)101-49-20-25-54-113(101)132(120)94-43-27-30-86(70-94)122-124-121(85-29-26-42-93(69-85)131-112-53-24-19-48-100(112)105-75-80(58-65-117(105)131)79-55-62-114-102(72-79)97-45-16-21-50-109(97)128(114)90-36-10-3-11-37-90)125-123(126-122)87-31-28-44-95(71-87)133-118-66-59-83(81-56-63-115-103(73-81)98-46-17-22-51-110(98)129(115)91-38-12-4-13-39-91)76-106(118)107-77-84(60-67-119(107)133)82-57-64-116-104(74-82)99-47-18-23-52-111(99)130(116)92-40-14-5-15-41-92/h1-60,62-67,69-78,106,118H,61,68H2. The first kappa shape index (κ1) is 75.7. The van der Waals surface area contributed by atoms with Crippen LogP contribution in [0.15, 0.2) is 461 Å². The summed E-state index contributed by atoms with van der Waals surface area (Å²) in [5.74, 6) is 1.65. The van der Waals surface area contributed by atoms with E-state index >= 15 is 0 Å². The maximum atomic E-state index is 5.70. The summed E-state index contributed by atoms with van der Waals surface area (Å²) >= 11 is 0. The fourth-order valence-electron chi connectivity index (χ4n) is 22.0. The van der Waals surface area contributed by atoms with Crippen LogP contribution in [0.4, 0.5) is 22.7 Å². The highest BCUT2D eigenvalue weighted by atomic mass is 15.2. The summed E-state index contributed by atoms with van der Waals surface area (Å²) in [5, 5.41) is 10.9. The number of fused-ring (bicyclic) bond motifs is 18. The first-order valence-electron chi connectivity index (χ1n) is 45.9. The molecule has 0 radical (unpaired) electrons. The normalized spacial score (nSPS) is 14.2. The summed E-state index contributed by atoms with van der Waals surface area (Å²) in [5.41, 5.74) is 34.9. The van der Waals surface area contributed by atoms with Crippen LogP contribution in [-0.4, -0.2) is 43.8 Å². The Morgan fingerprint density at radius 2 is 0.586 bits per heavy atom. The lowest BCUT2D eigenvalue weighted by Crippen LogP contribution is -2.29. The Balaban J connectivity index is 0.603. The average Bonchev–Trinajstić information content (AvgIpc) is 1.60. The third-order valence-electron chi connectivity index (χ3n) is 27.9. The fourth-order valence-corrected chi connectivity index (χ4v) is 22.0. The number of hydrogen-bond donors (Lipinski definition) is 0. The van der Waals surface area contributed by atoms with Crippen LogP contribution in [0.25, 0.3) is 195 Å². The van der Waals surface area contributed by atoms with Gasteiger partial charge in [-0.1, -0.05) is 267 Å². The van der Waals surface area contributed by atoms with Crippen LogP contribution in [0.2, 0.25) is 0 Å². The number of aromatic nitrogens is 8. The predicted molar refractivity (Wildman–Crippen MR) is 551 cm³/mol. The van der Waals surface area contributed by atoms with Crippen LogP contribution in [0.5, 0.6) is 0 Å².